The number of amides is 1. The first-order valence-corrected chi connectivity index (χ1v) is 14.3. The van der Waals surface area contributed by atoms with Gasteiger partial charge in [-0.2, -0.15) is 0 Å². The highest BCUT2D eigenvalue weighted by molar-refractivity contribution is 7.20. The molecule has 0 saturated carbocycles. The number of hydrogen-bond acceptors (Lipinski definition) is 9. The number of esters is 1. The average Bonchev–Trinajstić information content (AvgIpc) is 3.36. The van der Waals surface area contributed by atoms with E-state index in [-0.39, 0.29) is 12.5 Å². The minimum Gasteiger partial charge on any atom is -0.492 e. The Hall–Kier alpha value is -4.96. The Kier molecular flexibility index (Phi) is 8.93. The largest absolute Gasteiger partial charge is 0.492 e. The summed E-state index contributed by atoms with van der Waals surface area (Å²) in [5, 5.41) is 6.99. The summed E-state index contributed by atoms with van der Waals surface area (Å²) in [4.78, 5) is 35.9. The highest BCUT2D eigenvalue weighted by atomic mass is 32.1. The molecule has 0 aliphatic rings. The number of carbonyl (C=O) groups is 2. The van der Waals surface area contributed by atoms with Gasteiger partial charge >= 0.3 is 5.97 Å². The van der Waals surface area contributed by atoms with E-state index in [1.807, 2.05) is 57.2 Å². The number of rotatable bonds is 11. The molecule has 2 aromatic heterocycles. The highest BCUT2D eigenvalue weighted by Gasteiger charge is 2.22. The van der Waals surface area contributed by atoms with Crippen LogP contribution in [0.1, 0.15) is 45.0 Å². The van der Waals surface area contributed by atoms with Gasteiger partial charge in [-0.25, -0.2) is 14.8 Å². The minimum absolute atomic E-state index is 0.176. The van der Waals surface area contributed by atoms with Gasteiger partial charge in [0.15, 0.2) is 0 Å². The van der Waals surface area contributed by atoms with E-state index in [2.05, 4.69) is 20.6 Å². The van der Waals surface area contributed by atoms with E-state index in [1.54, 1.807) is 36.4 Å². The lowest BCUT2D eigenvalue weighted by Crippen LogP contribution is -2.13. The van der Waals surface area contributed by atoms with Gasteiger partial charge in [-0.3, -0.25) is 4.79 Å². The number of ether oxygens (including phenoxy) is 3. The molecule has 10 heteroatoms. The van der Waals surface area contributed by atoms with Gasteiger partial charge < -0.3 is 24.8 Å². The van der Waals surface area contributed by atoms with Crippen molar-refractivity contribution in [3.63, 3.8) is 0 Å². The molecule has 5 aromatic rings. The van der Waals surface area contributed by atoms with Crippen LogP contribution in [0.4, 0.5) is 17.2 Å². The Morgan fingerprint density at radius 2 is 1.50 bits per heavy atom. The molecule has 9 nitrogen and oxygen atoms in total. The number of anilines is 3. The number of hydrogen-bond donors (Lipinski definition) is 2. The SMILES string of the molecule is CCOc1cc(Nc2ncnc3sc(C(=O)OCc4ccccc4)c(C)c23)c(OCC)cc1NC(=O)c1ccccc1. The standard InChI is InChI=1S/C32H30N4O5S/c1-4-39-25-17-24(36-30(37)22-14-10-7-11-15-22)26(40-5-2)16-23(25)35-29-27-20(3)28(42-31(27)34-19-33-29)32(38)41-18-21-12-8-6-9-13-21/h6-17,19H,4-5,18H2,1-3H3,(H,36,37)(H,33,34,35). The number of aromatic nitrogens is 2. The molecule has 0 spiro atoms. The second-order valence-corrected chi connectivity index (χ2v) is 10.2. The van der Waals surface area contributed by atoms with E-state index in [0.29, 0.717) is 68.1 Å². The topological polar surface area (TPSA) is 112 Å². The van der Waals surface area contributed by atoms with E-state index in [4.69, 9.17) is 14.2 Å². The Morgan fingerprint density at radius 3 is 2.19 bits per heavy atom. The predicted molar refractivity (Wildman–Crippen MR) is 164 cm³/mol. The van der Waals surface area contributed by atoms with Gasteiger partial charge in [-0.15, -0.1) is 11.3 Å². The zero-order valence-electron chi connectivity index (χ0n) is 23.5. The van der Waals surface area contributed by atoms with Gasteiger partial charge in [-0.05, 0) is 44.0 Å². The summed E-state index contributed by atoms with van der Waals surface area (Å²) in [7, 11) is 0. The Labute approximate surface area is 247 Å². The van der Waals surface area contributed by atoms with Gasteiger partial charge in [0.1, 0.15) is 40.0 Å². The van der Waals surface area contributed by atoms with E-state index < -0.39 is 5.97 Å². The summed E-state index contributed by atoms with van der Waals surface area (Å²) >= 11 is 1.26. The van der Waals surface area contributed by atoms with E-state index in [9.17, 15) is 9.59 Å². The Balaban J connectivity index is 1.46. The molecule has 0 bridgehead atoms. The van der Waals surface area contributed by atoms with Gasteiger partial charge in [0.05, 0.1) is 30.0 Å². The molecule has 214 valence electrons. The van der Waals surface area contributed by atoms with Crippen LogP contribution in [0.25, 0.3) is 10.2 Å². The Morgan fingerprint density at radius 1 is 0.857 bits per heavy atom. The van der Waals surface area contributed by atoms with Crippen molar-refractivity contribution >= 4 is 50.6 Å². The third kappa shape index (κ3) is 6.34. The van der Waals surface area contributed by atoms with Crippen molar-refractivity contribution in [3.05, 3.63) is 101 Å². The summed E-state index contributed by atoms with van der Waals surface area (Å²) in [6.45, 7) is 6.55. The lowest BCUT2D eigenvalue weighted by molar-refractivity contribution is 0.0478. The van der Waals surface area contributed by atoms with Crippen molar-refractivity contribution in [1.29, 1.82) is 0 Å². The van der Waals surface area contributed by atoms with Crippen LogP contribution in [0.5, 0.6) is 11.5 Å². The zero-order valence-corrected chi connectivity index (χ0v) is 24.3. The normalized spacial score (nSPS) is 10.7. The number of carbonyl (C=O) groups excluding carboxylic acids is 2. The predicted octanol–water partition coefficient (Wildman–Crippen LogP) is 7.15. The summed E-state index contributed by atoms with van der Waals surface area (Å²) in [6.07, 6.45) is 1.44. The number of thiophene rings is 1. The molecular weight excluding hydrogens is 552 g/mol. The van der Waals surface area contributed by atoms with Crippen LogP contribution < -0.4 is 20.1 Å². The van der Waals surface area contributed by atoms with Crippen LogP contribution in [0, 0.1) is 6.92 Å². The molecule has 0 radical (unpaired) electrons. The average molecular weight is 583 g/mol. The maximum absolute atomic E-state index is 13.0. The second kappa shape index (κ2) is 13.1. The maximum Gasteiger partial charge on any atom is 0.349 e. The molecule has 0 aliphatic heterocycles. The molecule has 2 N–H and O–H groups in total. The summed E-state index contributed by atoms with van der Waals surface area (Å²) in [6, 6.07) is 22.0. The molecule has 0 fully saturated rings. The van der Waals surface area contributed by atoms with Crippen LogP contribution in [-0.2, 0) is 11.3 Å². The number of nitrogens with zero attached hydrogens (tertiary/aromatic N) is 2. The summed E-state index contributed by atoms with van der Waals surface area (Å²) in [5.74, 6) is 0.771. The van der Waals surface area contributed by atoms with Crippen LogP contribution >= 0.6 is 11.3 Å². The first-order valence-electron chi connectivity index (χ1n) is 13.5. The number of benzene rings is 3. The van der Waals surface area contributed by atoms with Crippen LogP contribution in [0.3, 0.4) is 0 Å². The van der Waals surface area contributed by atoms with E-state index in [1.165, 1.54) is 17.7 Å². The first-order chi connectivity index (χ1) is 20.5. The number of fused-ring (bicyclic) bond motifs is 1. The fourth-order valence-electron chi connectivity index (χ4n) is 4.37. The van der Waals surface area contributed by atoms with E-state index in [0.717, 1.165) is 5.56 Å². The Bertz CT molecular complexity index is 1710. The monoisotopic (exact) mass is 582 g/mol. The molecule has 3 aromatic carbocycles. The molecule has 2 heterocycles. The van der Waals surface area contributed by atoms with Crippen LogP contribution in [-0.4, -0.2) is 35.1 Å². The fraction of sp³-hybridized carbons (Fsp3) is 0.188. The van der Waals surface area contributed by atoms with Gasteiger partial charge in [0.2, 0.25) is 0 Å². The van der Waals surface area contributed by atoms with Crippen LogP contribution in [0.2, 0.25) is 0 Å². The lowest BCUT2D eigenvalue weighted by atomic mass is 10.1. The molecule has 0 unspecified atom stereocenters. The zero-order chi connectivity index (χ0) is 29.5. The molecular formula is C32H30N4O5S. The summed E-state index contributed by atoms with van der Waals surface area (Å²) < 4.78 is 17.4. The molecule has 5 rings (SSSR count). The smallest absolute Gasteiger partial charge is 0.349 e. The van der Waals surface area contributed by atoms with Crippen molar-refractivity contribution in [1.82, 2.24) is 9.97 Å². The van der Waals surface area contributed by atoms with Crippen molar-refractivity contribution in [2.24, 2.45) is 0 Å². The second-order valence-electron chi connectivity index (χ2n) is 9.18. The molecule has 1 amide bonds. The van der Waals surface area contributed by atoms with Gasteiger partial charge in [0.25, 0.3) is 5.91 Å². The number of aryl methyl sites for hydroxylation is 1. The molecule has 0 saturated heterocycles. The molecule has 0 aliphatic carbocycles. The first kappa shape index (κ1) is 28.6. The van der Waals surface area contributed by atoms with Crippen molar-refractivity contribution < 1.29 is 23.8 Å². The van der Waals surface area contributed by atoms with Crippen molar-refractivity contribution in [2.45, 2.75) is 27.4 Å². The lowest BCUT2D eigenvalue weighted by Gasteiger charge is -2.18. The highest BCUT2D eigenvalue weighted by Crippen LogP contribution is 2.41. The van der Waals surface area contributed by atoms with Crippen LogP contribution in [0.15, 0.2) is 79.1 Å². The quantitative estimate of drug-likeness (QED) is 0.158. The minimum atomic E-state index is -0.419. The van der Waals surface area contributed by atoms with E-state index >= 15 is 0 Å². The third-order valence-electron chi connectivity index (χ3n) is 6.34. The molecule has 42 heavy (non-hydrogen) atoms. The third-order valence-corrected chi connectivity index (χ3v) is 7.52. The van der Waals surface area contributed by atoms with Gasteiger partial charge in [-0.1, -0.05) is 48.5 Å². The van der Waals surface area contributed by atoms with Gasteiger partial charge in [0, 0.05) is 17.7 Å². The fourth-order valence-corrected chi connectivity index (χ4v) is 5.41. The van der Waals surface area contributed by atoms with Crippen molar-refractivity contribution in [3.8, 4) is 11.5 Å². The van der Waals surface area contributed by atoms with Crippen molar-refractivity contribution in [2.75, 3.05) is 23.8 Å². The molecule has 0 atom stereocenters. The summed E-state index contributed by atoms with van der Waals surface area (Å²) in [5.41, 5.74) is 3.20. The number of nitrogens with one attached hydrogen (secondary N) is 2. The maximum atomic E-state index is 13.0.